The second-order valence-corrected chi connectivity index (χ2v) is 6.30. The highest BCUT2D eigenvalue weighted by atomic mass is 32.1. The molecule has 0 saturated heterocycles. The third kappa shape index (κ3) is 4.45. The minimum absolute atomic E-state index is 0.144. The molecule has 1 N–H and O–H groups in total. The Morgan fingerprint density at radius 2 is 2.09 bits per heavy atom. The van der Waals surface area contributed by atoms with Crippen molar-refractivity contribution in [1.82, 2.24) is 10.3 Å². The van der Waals surface area contributed by atoms with E-state index < -0.39 is 0 Å². The van der Waals surface area contributed by atoms with Crippen LogP contribution in [0.2, 0.25) is 0 Å². The summed E-state index contributed by atoms with van der Waals surface area (Å²) in [6, 6.07) is 5.64. The van der Waals surface area contributed by atoms with Gasteiger partial charge in [-0.2, -0.15) is 0 Å². The SMILES string of the molecule is COc1ccc(OC)c(CCNC(=O)c2csc(C(C)C)n2)c1. The Balaban J connectivity index is 1.94. The molecule has 1 aromatic carbocycles. The lowest BCUT2D eigenvalue weighted by atomic mass is 10.1. The van der Waals surface area contributed by atoms with Crippen molar-refractivity contribution in [3.05, 3.63) is 39.8 Å². The van der Waals surface area contributed by atoms with E-state index in [9.17, 15) is 4.79 Å². The van der Waals surface area contributed by atoms with Crippen LogP contribution in [0.1, 0.15) is 40.8 Å². The first kappa shape index (κ1) is 17.3. The molecule has 1 aromatic heterocycles. The third-order valence-electron chi connectivity index (χ3n) is 3.42. The van der Waals surface area contributed by atoms with Crippen molar-refractivity contribution in [1.29, 1.82) is 0 Å². The van der Waals surface area contributed by atoms with Crippen LogP contribution in [0.4, 0.5) is 0 Å². The summed E-state index contributed by atoms with van der Waals surface area (Å²) in [5.74, 6) is 1.75. The van der Waals surface area contributed by atoms with Crippen LogP contribution in [-0.4, -0.2) is 31.7 Å². The standard InChI is InChI=1S/C17H22N2O3S/c1-11(2)17-19-14(10-23-17)16(20)18-8-7-12-9-13(21-3)5-6-15(12)22-4/h5-6,9-11H,7-8H2,1-4H3,(H,18,20). The van der Waals surface area contributed by atoms with Gasteiger partial charge in [0.2, 0.25) is 0 Å². The molecule has 23 heavy (non-hydrogen) atoms. The van der Waals surface area contributed by atoms with E-state index >= 15 is 0 Å². The summed E-state index contributed by atoms with van der Waals surface area (Å²) in [4.78, 5) is 16.5. The van der Waals surface area contributed by atoms with Crippen molar-refractivity contribution in [2.45, 2.75) is 26.2 Å². The minimum Gasteiger partial charge on any atom is -0.497 e. The van der Waals surface area contributed by atoms with Crippen LogP contribution in [0.5, 0.6) is 11.5 Å². The van der Waals surface area contributed by atoms with Crippen LogP contribution in [0.15, 0.2) is 23.6 Å². The fraction of sp³-hybridized carbons (Fsp3) is 0.412. The van der Waals surface area contributed by atoms with E-state index in [1.165, 1.54) is 11.3 Å². The number of nitrogens with zero attached hydrogens (tertiary/aromatic N) is 1. The van der Waals surface area contributed by atoms with Gasteiger partial charge in [-0.3, -0.25) is 4.79 Å². The molecule has 1 amide bonds. The van der Waals surface area contributed by atoms with Gasteiger partial charge in [0.05, 0.1) is 19.2 Å². The molecule has 0 unspecified atom stereocenters. The maximum atomic E-state index is 12.1. The summed E-state index contributed by atoms with van der Waals surface area (Å²) >= 11 is 1.52. The lowest BCUT2D eigenvalue weighted by molar-refractivity contribution is 0.0949. The quantitative estimate of drug-likeness (QED) is 0.844. The first-order chi connectivity index (χ1) is 11.0. The highest BCUT2D eigenvalue weighted by Crippen LogP contribution is 2.24. The summed E-state index contributed by atoms with van der Waals surface area (Å²) in [6.07, 6.45) is 0.660. The molecule has 0 atom stereocenters. The lowest BCUT2D eigenvalue weighted by Gasteiger charge is -2.10. The number of rotatable bonds is 7. The number of nitrogens with one attached hydrogen (secondary N) is 1. The maximum Gasteiger partial charge on any atom is 0.270 e. The molecule has 0 radical (unpaired) electrons. The highest BCUT2D eigenvalue weighted by molar-refractivity contribution is 7.09. The maximum absolute atomic E-state index is 12.1. The van der Waals surface area contributed by atoms with Gasteiger partial charge in [0.25, 0.3) is 5.91 Å². The number of carbonyl (C=O) groups excluding carboxylic acids is 1. The second kappa shape index (κ2) is 7.97. The van der Waals surface area contributed by atoms with Gasteiger partial charge in [0.15, 0.2) is 0 Å². The number of benzene rings is 1. The molecule has 1 heterocycles. The molecule has 0 aliphatic rings. The summed E-state index contributed by atoms with van der Waals surface area (Å²) in [5, 5.41) is 5.68. The van der Waals surface area contributed by atoms with Gasteiger partial charge < -0.3 is 14.8 Å². The van der Waals surface area contributed by atoms with E-state index in [4.69, 9.17) is 9.47 Å². The van der Waals surface area contributed by atoms with Gasteiger partial charge in [0.1, 0.15) is 17.2 Å². The van der Waals surface area contributed by atoms with Crippen molar-refractivity contribution in [2.75, 3.05) is 20.8 Å². The Morgan fingerprint density at radius 3 is 2.70 bits per heavy atom. The predicted molar refractivity (Wildman–Crippen MR) is 91.8 cm³/mol. The molecule has 5 nitrogen and oxygen atoms in total. The molecule has 0 aliphatic carbocycles. The number of hydrogen-bond donors (Lipinski definition) is 1. The Hall–Kier alpha value is -2.08. The van der Waals surface area contributed by atoms with Crippen molar-refractivity contribution >= 4 is 17.2 Å². The van der Waals surface area contributed by atoms with Gasteiger partial charge in [0, 0.05) is 17.8 Å². The fourth-order valence-electron chi connectivity index (χ4n) is 2.14. The van der Waals surface area contributed by atoms with E-state index in [1.807, 2.05) is 18.2 Å². The van der Waals surface area contributed by atoms with Crippen LogP contribution in [-0.2, 0) is 6.42 Å². The molecule has 0 aliphatic heterocycles. The average molecular weight is 334 g/mol. The van der Waals surface area contributed by atoms with Crippen LogP contribution in [0.25, 0.3) is 0 Å². The van der Waals surface area contributed by atoms with Gasteiger partial charge in [-0.1, -0.05) is 13.8 Å². The zero-order valence-corrected chi connectivity index (χ0v) is 14.7. The number of aromatic nitrogens is 1. The van der Waals surface area contributed by atoms with E-state index in [-0.39, 0.29) is 5.91 Å². The molecule has 0 saturated carbocycles. The Morgan fingerprint density at radius 1 is 1.30 bits per heavy atom. The number of carbonyl (C=O) groups is 1. The monoisotopic (exact) mass is 334 g/mol. The first-order valence-corrected chi connectivity index (χ1v) is 8.37. The van der Waals surface area contributed by atoms with Crippen molar-refractivity contribution in [2.24, 2.45) is 0 Å². The second-order valence-electron chi connectivity index (χ2n) is 5.41. The highest BCUT2D eigenvalue weighted by Gasteiger charge is 2.12. The third-order valence-corrected chi connectivity index (χ3v) is 4.56. The summed E-state index contributed by atoms with van der Waals surface area (Å²) < 4.78 is 10.6. The van der Waals surface area contributed by atoms with Crippen LogP contribution < -0.4 is 14.8 Å². The largest absolute Gasteiger partial charge is 0.497 e. The number of hydrogen-bond acceptors (Lipinski definition) is 5. The molecule has 124 valence electrons. The Kier molecular flexibility index (Phi) is 5.98. The molecule has 0 bridgehead atoms. The van der Waals surface area contributed by atoms with E-state index in [1.54, 1.807) is 19.6 Å². The smallest absolute Gasteiger partial charge is 0.270 e. The minimum atomic E-state index is -0.144. The van der Waals surface area contributed by atoms with E-state index in [0.29, 0.717) is 24.6 Å². The molecular weight excluding hydrogens is 312 g/mol. The zero-order valence-electron chi connectivity index (χ0n) is 13.9. The van der Waals surface area contributed by atoms with Crippen LogP contribution >= 0.6 is 11.3 Å². The van der Waals surface area contributed by atoms with Crippen molar-refractivity contribution in [3.63, 3.8) is 0 Å². The lowest BCUT2D eigenvalue weighted by Crippen LogP contribution is -2.26. The number of methoxy groups -OCH3 is 2. The molecule has 0 spiro atoms. The number of amides is 1. The van der Waals surface area contributed by atoms with Gasteiger partial charge in [-0.05, 0) is 30.2 Å². The van der Waals surface area contributed by atoms with Crippen LogP contribution in [0, 0.1) is 0 Å². The first-order valence-electron chi connectivity index (χ1n) is 7.49. The zero-order chi connectivity index (χ0) is 16.8. The van der Waals surface area contributed by atoms with E-state index in [0.717, 1.165) is 22.1 Å². The average Bonchev–Trinajstić information content (AvgIpc) is 3.05. The topological polar surface area (TPSA) is 60.5 Å². The summed E-state index contributed by atoms with van der Waals surface area (Å²) in [5.41, 5.74) is 1.48. The van der Waals surface area contributed by atoms with Crippen molar-refractivity contribution in [3.8, 4) is 11.5 Å². The normalized spacial score (nSPS) is 10.7. The molecule has 0 fully saturated rings. The molecule has 2 aromatic rings. The van der Waals surface area contributed by atoms with Crippen molar-refractivity contribution < 1.29 is 14.3 Å². The van der Waals surface area contributed by atoms with E-state index in [2.05, 4.69) is 24.1 Å². The van der Waals surface area contributed by atoms with Gasteiger partial charge in [-0.15, -0.1) is 11.3 Å². The summed E-state index contributed by atoms with van der Waals surface area (Å²) in [7, 11) is 3.26. The van der Waals surface area contributed by atoms with Gasteiger partial charge in [-0.25, -0.2) is 4.98 Å². The Bertz CT molecular complexity index is 668. The van der Waals surface area contributed by atoms with Crippen LogP contribution in [0.3, 0.4) is 0 Å². The number of thiazole rings is 1. The fourth-order valence-corrected chi connectivity index (χ4v) is 2.95. The predicted octanol–water partition coefficient (Wildman–Crippen LogP) is 3.26. The summed E-state index contributed by atoms with van der Waals surface area (Å²) in [6.45, 7) is 4.64. The molecule has 2 rings (SSSR count). The Labute approximate surface area is 140 Å². The number of ether oxygens (including phenoxy) is 2. The molecule has 6 heteroatoms. The van der Waals surface area contributed by atoms with Gasteiger partial charge >= 0.3 is 0 Å². The molecular formula is C17H22N2O3S.